The lowest BCUT2D eigenvalue weighted by molar-refractivity contribution is 0.214. The van der Waals surface area contributed by atoms with E-state index in [1.54, 1.807) is 7.11 Å². The van der Waals surface area contributed by atoms with Crippen molar-refractivity contribution >= 4 is 0 Å². The largest absolute Gasteiger partial charge is 0.497 e. The van der Waals surface area contributed by atoms with Crippen LogP contribution >= 0.6 is 0 Å². The average Bonchev–Trinajstić information content (AvgIpc) is 2.90. The molecule has 1 aromatic carbocycles. The average molecular weight is 234 g/mol. The fourth-order valence-corrected chi connectivity index (χ4v) is 1.92. The third kappa shape index (κ3) is 2.99. The lowest BCUT2D eigenvalue weighted by Crippen LogP contribution is -2.38. The first kappa shape index (κ1) is 12.0. The van der Waals surface area contributed by atoms with Gasteiger partial charge < -0.3 is 9.47 Å². The van der Waals surface area contributed by atoms with E-state index in [2.05, 4.69) is 11.5 Å². The molecular weight excluding hydrogens is 216 g/mol. The van der Waals surface area contributed by atoms with E-state index in [-0.39, 0.29) is 6.04 Å². The normalized spacial score (nSPS) is 16.2. The molecule has 0 radical (unpaired) electrons. The van der Waals surface area contributed by atoms with Crippen molar-refractivity contribution in [2.75, 3.05) is 13.7 Å². The van der Waals surface area contributed by atoms with Gasteiger partial charge in [-0.25, -0.2) is 5.43 Å². The number of hydrogen-bond donors (Lipinski definition) is 2. The minimum atomic E-state index is 0.0471. The molecule has 4 heteroatoms. The van der Waals surface area contributed by atoms with Gasteiger partial charge in [0.25, 0.3) is 0 Å². The Morgan fingerprint density at radius 3 is 2.71 bits per heavy atom. The van der Waals surface area contributed by atoms with E-state index in [1.165, 1.54) is 5.56 Å². The second-order valence-electron chi connectivity index (χ2n) is 4.02. The summed E-state index contributed by atoms with van der Waals surface area (Å²) in [4.78, 5) is 0. The van der Waals surface area contributed by atoms with Gasteiger partial charge in [-0.3, -0.25) is 5.84 Å². The minimum Gasteiger partial charge on any atom is -0.497 e. The first-order chi connectivity index (χ1) is 8.33. The molecule has 1 aliphatic heterocycles. The van der Waals surface area contributed by atoms with E-state index in [4.69, 9.17) is 15.3 Å². The number of ether oxygens (including phenoxy) is 2. The molecule has 0 saturated carbocycles. The van der Waals surface area contributed by atoms with Gasteiger partial charge in [0, 0.05) is 6.42 Å². The van der Waals surface area contributed by atoms with Gasteiger partial charge in [-0.05, 0) is 30.2 Å². The van der Waals surface area contributed by atoms with Crippen molar-refractivity contribution in [2.24, 2.45) is 5.84 Å². The number of hydrazine groups is 1. The Morgan fingerprint density at radius 2 is 2.18 bits per heavy atom. The first-order valence-electron chi connectivity index (χ1n) is 5.75. The molecule has 2 rings (SSSR count). The maximum absolute atomic E-state index is 5.56. The van der Waals surface area contributed by atoms with Gasteiger partial charge >= 0.3 is 0 Å². The zero-order valence-corrected chi connectivity index (χ0v) is 9.98. The predicted octanol–water partition coefficient (Wildman–Crippen LogP) is 1.37. The second-order valence-corrected chi connectivity index (χ2v) is 4.02. The number of benzene rings is 1. The van der Waals surface area contributed by atoms with Crippen LogP contribution in [0.2, 0.25) is 0 Å². The summed E-state index contributed by atoms with van der Waals surface area (Å²) in [6, 6.07) is 8.03. The molecule has 92 valence electrons. The van der Waals surface area contributed by atoms with Crippen LogP contribution in [0.4, 0.5) is 0 Å². The third-order valence-electron chi connectivity index (χ3n) is 2.88. The Hall–Kier alpha value is -1.52. The Labute approximate surface area is 101 Å². The zero-order valence-electron chi connectivity index (χ0n) is 9.98. The van der Waals surface area contributed by atoms with Crippen LogP contribution in [0.1, 0.15) is 12.0 Å². The molecule has 1 unspecified atom stereocenters. The number of rotatable bonds is 5. The Balaban J connectivity index is 2.02. The van der Waals surface area contributed by atoms with Crippen molar-refractivity contribution in [1.82, 2.24) is 5.43 Å². The van der Waals surface area contributed by atoms with E-state index >= 15 is 0 Å². The van der Waals surface area contributed by atoms with Gasteiger partial charge in [0.2, 0.25) is 0 Å². The first-order valence-corrected chi connectivity index (χ1v) is 5.75. The molecule has 0 bridgehead atoms. The predicted molar refractivity (Wildman–Crippen MR) is 66.5 cm³/mol. The Morgan fingerprint density at radius 1 is 1.41 bits per heavy atom. The summed E-state index contributed by atoms with van der Waals surface area (Å²) in [6.45, 7) is 0.760. The highest BCUT2D eigenvalue weighted by Crippen LogP contribution is 2.18. The summed E-state index contributed by atoms with van der Waals surface area (Å²) < 4.78 is 10.6. The van der Waals surface area contributed by atoms with Crippen LogP contribution in [-0.2, 0) is 11.2 Å². The van der Waals surface area contributed by atoms with E-state index in [0.717, 1.165) is 31.0 Å². The summed E-state index contributed by atoms with van der Waals surface area (Å²) in [6.07, 6.45) is 3.87. The summed E-state index contributed by atoms with van der Waals surface area (Å²) in [5, 5.41) is 0. The van der Waals surface area contributed by atoms with Crippen molar-refractivity contribution < 1.29 is 9.47 Å². The van der Waals surface area contributed by atoms with Crippen molar-refractivity contribution in [2.45, 2.75) is 18.9 Å². The SMILES string of the molecule is COc1ccc(CC(NN)C2=CCCO2)cc1. The van der Waals surface area contributed by atoms with Gasteiger partial charge in [0.1, 0.15) is 11.5 Å². The maximum atomic E-state index is 5.56. The minimum absolute atomic E-state index is 0.0471. The summed E-state index contributed by atoms with van der Waals surface area (Å²) in [5.41, 5.74) is 4.00. The van der Waals surface area contributed by atoms with Crippen LogP contribution in [0.3, 0.4) is 0 Å². The molecule has 1 aliphatic rings. The van der Waals surface area contributed by atoms with Gasteiger partial charge in [-0.2, -0.15) is 0 Å². The van der Waals surface area contributed by atoms with E-state index in [9.17, 15) is 0 Å². The Kier molecular flexibility index (Phi) is 4.01. The van der Waals surface area contributed by atoms with Crippen molar-refractivity contribution in [1.29, 1.82) is 0 Å². The number of nitrogens with one attached hydrogen (secondary N) is 1. The van der Waals surface area contributed by atoms with Crippen molar-refractivity contribution in [3.8, 4) is 5.75 Å². The fourth-order valence-electron chi connectivity index (χ4n) is 1.92. The second kappa shape index (κ2) is 5.70. The van der Waals surface area contributed by atoms with Crippen LogP contribution in [0, 0.1) is 0 Å². The maximum Gasteiger partial charge on any atom is 0.118 e. The van der Waals surface area contributed by atoms with Gasteiger partial charge in [-0.15, -0.1) is 0 Å². The third-order valence-corrected chi connectivity index (χ3v) is 2.88. The molecule has 3 N–H and O–H groups in total. The highest BCUT2D eigenvalue weighted by Gasteiger charge is 2.17. The van der Waals surface area contributed by atoms with Crippen LogP contribution in [0.15, 0.2) is 36.1 Å². The summed E-state index contributed by atoms with van der Waals surface area (Å²) >= 11 is 0. The summed E-state index contributed by atoms with van der Waals surface area (Å²) in [5.74, 6) is 7.37. The molecule has 1 aromatic rings. The van der Waals surface area contributed by atoms with Crippen LogP contribution in [0.5, 0.6) is 5.75 Å². The van der Waals surface area contributed by atoms with Crippen LogP contribution in [0.25, 0.3) is 0 Å². The number of methoxy groups -OCH3 is 1. The van der Waals surface area contributed by atoms with Gasteiger partial charge in [0.15, 0.2) is 0 Å². The molecule has 17 heavy (non-hydrogen) atoms. The smallest absolute Gasteiger partial charge is 0.118 e. The van der Waals surface area contributed by atoms with E-state index < -0.39 is 0 Å². The van der Waals surface area contributed by atoms with Crippen molar-refractivity contribution in [3.05, 3.63) is 41.7 Å². The molecular formula is C13H18N2O2. The fraction of sp³-hybridized carbons (Fsp3) is 0.385. The standard InChI is InChI=1S/C13H18N2O2/c1-16-11-6-4-10(5-7-11)9-12(15-14)13-3-2-8-17-13/h3-7,12,15H,2,8-9,14H2,1H3. The Bertz CT molecular complexity index is 387. The van der Waals surface area contributed by atoms with Crippen molar-refractivity contribution in [3.63, 3.8) is 0 Å². The molecule has 0 aromatic heterocycles. The lowest BCUT2D eigenvalue weighted by atomic mass is 10.0. The van der Waals surface area contributed by atoms with Gasteiger partial charge in [0.05, 0.1) is 19.8 Å². The molecule has 0 amide bonds. The number of hydrogen-bond acceptors (Lipinski definition) is 4. The molecule has 1 atom stereocenters. The topological polar surface area (TPSA) is 56.5 Å². The molecule has 0 aliphatic carbocycles. The monoisotopic (exact) mass is 234 g/mol. The van der Waals surface area contributed by atoms with E-state index in [1.807, 2.05) is 24.3 Å². The molecule has 0 fully saturated rings. The van der Waals surface area contributed by atoms with E-state index in [0.29, 0.717) is 0 Å². The zero-order chi connectivity index (χ0) is 12.1. The highest BCUT2D eigenvalue weighted by molar-refractivity contribution is 5.28. The summed E-state index contributed by atoms with van der Waals surface area (Å²) in [7, 11) is 1.66. The quantitative estimate of drug-likeness (QED) is 0.597. The number of nitrogens with two attached hydrogens (primary N) is 1. The van der Waals surface area contributed by atoms with Gasteiger partial charge in [-0.1, -0.05) is 12.1 Å². The lowest BCUT2D eigenvalue weighted by Gasteiger charge is -2.17. The molecule has 0 spiro atoms. The molecule has 4 nitrogen and oxygen atoms in total. The highest BCUT2D eigenvalue weighted by atomic mass is 16.5. The molecule has 0 saturated heterocycles. The van der Waals surface area contributed by atoms with Crippen LogP contribution < -0.4 is 16.0 Å². The molecule has 1 heterocycles. The van der Waals surface area contributed by atoms with Crippen LogP contribution in [-0.4, -0.2) is 19.8 Å².